The highest BCUT2D eigenvalue weighted by Gasteiger charge is 2.33. The van der Waals surface area contributed by atoms with Gasteiger partial charge in [0.1, 0.15) is 5.82 Å². The second-order valence-corrected chi connectivity index (χ2v) is 6.56. The predicted molar refractivity (Wildman–Crippen MR) is 84.1 cm³/mol. The van der Waals surface area contributed by atoms with Crippen LogP contribution >= 0.6 is 0 Å². The van der Waals surface area contributed by atoms with E-state index in [-0.39, 0.29) is 35.9 Å². The smallest absolute Gasteiger partial charge is 0.315 e. The first-order valence-electron chi connectivity index (χ1n) is 8.20. The molecule has 1 aromatic rings. The lowest BCUT2D eigenvalue weighted by atomic mass is 9.75. The zero-order valence-electron chi connectivity index (χ0n) is 12.7. The first-order valence-corrected chi connectivity index (χ1v) is 8.20. The van der Waals surface area contributed by atoms with Crippen molar-refractivity contribution < 1.29 is 9.18 Å². The molecule has 0 spiro atoms. The topological polar surface area (TPSA) is 67.1 Å². The number of urea groups is 1. The number of carbonyl (C=O) groups is 1. The van der Waals surface area contributed by atoms with Gasteiger partial charge in [0.05, 0.1) is 0 Å². The summed E-state index contributed by atoms with van der Waals surface area (Å²) in [6.07, 6.45) is 5.79. The van der Waals surface area contributed by atoms with Gasteiger partial charge < -0.3 is 16.4 Å². The summed E-state index contributed by atoms with van der Waals surface area (Å²) >= 11 is 0. The average Bonchev–Trinajstić information content (AvgIpc) is 2.46. The van der Waals surface area contributed by atoms with Gasteiger partial charge in [-0.2, -0.15) is 0 Å². The molecule has 5 heteroatoms. The fourth-order valence-electron chi connectivity index (χ4n) is 3.53. The Morgan fingerprint density at radius 2 is 1.86 bits per heavy atom. The van der Waals surface area contributed by atoms with E-state index >= 15 is 0 Å². The SMILES string of the molecule is N[C@H]1CCCC[C@@H]1NC(=O)NC1CC(c2ccccc2F)C1. The van der Waals surface area contributed by atoms with Crippen molar-refractivity contribution in [2.45, 2.75) is 62.6 Å². The summed E-state index contributed by atoms with van der Waals surface area (Å²) in [5, 5.41) is 5.96. The molecule has 4 N–H and O–H groups in total. The molecule has 0 saturated heterocycles. The van der Waals surface area contributed by atoms with Crippen LogP contribution in [-0.4, -0.2) is 24.2 Å². The number of nitrogens with two attached hydrogens (primary N) is 1. The number of rotatable bonds is 3. The Hall–Kier alpha value is -1.62. The molecule has 0 heterocycles. The first kappa shape index (κ1) is 15.3. The number of nitrogens with one attached hydrogen (secondary N) is 2. The van der Waals surface area contributed by atoms with E-state index in [0.29, 0.717) is 0 Å². The van der Waals surface area contributed by atoms with Gasteiger partial charge in [-0.3, -0.25) is 0 Å². The Morgan fingerprint density at radius 3 is 2.59 bits per heavy atom. The van der Waals surface area contributed by atoms with Gasteiger partial charge in [0.15, 0.2) is 0 Å². The predicted octanol–water partition coefficient (Wildman–Crippen LogP) is 2.64. The van der Waals surface area contributed by atoms with E-state index in [1.165, 1.54) is 6.07 Å². The molecule has 2 amide bonds. The molecular formula is C17H24FN3O. The zero-order valence-corrected chi connectivity index (χ0v) is 12.7. The molecule has 120 valence electrons. The molecule has 2 aliphatic rings. The highest BCUT2D eigenvalue weighted by atomic mass is 19.1. The van der Waals surface area contributed by atoms with Gasteiger partial charge in [0, 0.05) is 18.1 Å². The molecule has 2 fully saturated rings. The average molecular weight is 305 g/mol. The monoisotopic (exact) mass is 305 g/mol. The lowest BCUT2D eigenvalue weighted by molar-refractivity contribution is 0.212. The lowest BCUT2D eigenvalue weighted by Crippen LogP contribution is -2.55. The van der Waals surface area contributed by atoms with E-state index in [0.717, 1.165) is 44.1 Å². The summed E-state index contributed by atoms with van der Waals surface area (Å²) in [7, 11) is 0. The van der Waals surface area contributed by atoms with Crippen molar-refractivity contribution in [2.24, 2.45) is 5.73 Å². The van der Waals surface area contributed by atoms with Crippen molar-refractivity contribution in [1.29, 1.82) is 0 Å². The minimum absolute atomic E-state index is 0.0621. The Kier molecular flexibility index (Phi) is 4.62. The van der Waals surface area contributed by atoms with Gasteiger partial charge >= 0.3 is 6.03 Å². The molecule has 0 aliphatic heterocycles. The molecule has 4 nitrogen and oxygen atoms in total. The molecule has 2 aliphatic carbocycles. The summed E-state index contributed by atoms with van der Waals surface area (Å²) in [6.45, 7) is 0. The van der Waals surface area contributed by atoms with E-state index in [9.17, 15) is 9.18 Å². The quantitative estimate of drug-likeness (QED) is 0.803. The van der Waals surface area contributed by atoms with Crippen molar-refractivity contribution in [3.05, 3.63) is 35.6 Å². The van der Waals surface area contributed by atoms with Crippen LogP contribution in [0, 0.1) is 5.82 Å². The van der Waals surface area contributed by atoms with E-state index in [1.807, 2.05) is 12.1 Å². The van der Waals surface area contributed by atoms with Crippen LogP contribution in [0.3, 0.4) is 0 Å². The second kappa shape index (κ2) is 6.65. The third kappa shape index (κ3) is 3.40. The number of hydrogen-bond donors (Lipinski definition) is 3. The highest BCUT2D eigenvalue weighted by molar-refractivity contribution is 5.74. The van der Waals surface area contributed by atoms with Crippen LogP contribution in [0.1, 0.15) is 50.0 Å². The van der Waals surface area contributed by atoms with E-state index in [2.05, 4.69) is 10.6 Å². The molecule has 0 unspecified atom stereocenters. The van der Waals surface area contributed by atoms with Crippen molar-refractivity contribution in [2.75, 3.05) is 0 Å². The van der Waals surface area contributed by atoms with Crippen LogP contribution in [0.5, 0.6) is 0 Å². The van der Waals surface area contributed by atoms with Gasteiger partial charge in [0.2, 0.25) is 0 Å². The Bertz CT molecular complexity index is 530. The van der Waals surface area contributed by atoms with Crippen molar-refractivity contribution in [3.63, 3.8) is 0 Å². The fraction of sp³-hybridized carbons (Fsp3) is 0.588. The van der Waals surface area contributed by atoms with E-state index in [4.69, 9.17) is 5.73 Å². The summed E-state index contributed by atoms with van der Waals surface area (Å²) < 4.78 is 13.7. The molecular weight excluding hydrogens is 281 g/mol. The minimum Gasteiger partial charge on any atom is -0.335 e. The van der Waals surface area contributed by atoms with Crippen LogP contribution < -0.4 is 16.4 Å². The summed E-state index contributed by atoms with van der Waals surface area (Å²) in [5.41, 5.74) is 6.79. The Labute approximate surface area is 130 Å². The minimum atomic E-state index is -0.149. The third-order valence-corrected chi connectivity index (χ3v) is 4.95. The second-order valence-electron chi connectivity index (χ2n) is 6.56. The van der Waals surface area contributed by atoms with Crippen LogP contribution in [0.15, 0.2) is 24.3 Å². The van der Waals surface area contributed by atoms with Crippen LogP contribution in [0.2, 0.25) is 0 Å². The van der Waals surface area contributed by atoms with Crippen LogP contribution in [-0.2, 0) is 0 Å². The van der Waals surface area contributed by atoms with Gasteiger partial charge in [-0.15, -0.1) is 0 Å². The van der Waals surface area contributed by atoms with Gasteiger partial charge in [-0.25, -0.2) is 9.18 Å². The molecule has 2 atom stereocenters. The van der Waals surface area contributed by atoms with E-state index < -0.39 is 0 Å². The van der Waals surface area contributed by atoms with Crippen molar-refractivity contribution in [1.82, 2.24) is 10.6 Å². The summed E-state index contributed by atoms with van der Waals surface area (Å²) in [4.78, 5) is 12.0. The molecule has 0 aromatic heterocycles. The Morgan fingerprint density at radius 1 is 1.14 bits per heavy atom. The normalized spacial score (nSPS) is 31.2. The summed E-state index contributed by atoms with van der Waals surface area (Å²) in [6, 6.07) is 7.02. The molecule has 2 saturated carbocycles. The third-order valence-electron chi connectivity index (χ3n) is 4.95. The van der Waals surface area contributed by atoms with Crippen LogP contribution in [0.4, 0.5) is 9.18 Å². The number of benzene rings is 1. The maximum atomic E-state index is 13.7. The lowest BCUT2D eigenvalue weighted by Gasteiger charge is -2.37. The van der Waals surface area contributed by atoms with E-state index in [1.54, 1.807) is 6.07 Å². The van der Waals surface area contributed by atoms with Crippen molar-refractivity contribution in [3.8, 4) is 0 Å². The maximum absolute atomic E-state index is 13.7. The zero-order chi connectivity index (χ0) is 15.5. The molecule has 22 heavy (non-hydrogen) atoms. The molecule has 0 bridgehead atoms. The van der Waals surface area contributed by atoms with Crippen LogP contribution in [0.25, 0.3) is 0 Å². The molecule has 3 rings (SSSR count). The van der Waals surface area contributed by atoms with Gasteiger partial charge in [0.25, 0.3) is 0 Å². The van der Waals surface area contributed by atoms with Gasteiger partial charge in [-0.05, 0) is 43.2 Å². The standard InChI is InChI=1S/C17H24FN3O/c18-14-6-2-1-5-13(14)11-9-12(10-11)20-17(22)21-16-8-4-3-7-15(16)19/h1-2,5-6,11-12,15-16H,3-4,7-10,19H2,(H2,20,21,22)/t11?,12?,15-,16-/m0/s1. The van der Waals surface area contributed by atoms with Gasteiger partial charge in [-0.1, -0.05) is 31.0 Å². The maximum Gasteiger partial charge on any atom is 0.315 e. The summed E-state index contributed by atoms with van der Waals surface area (Å²) in [5.74, 6) is 0.0621. The number of halogens is 1. The highest BCUT2D eigenvalue weighted by Crippen LogP contribution is 2.37. The largest absolute Gasteiger partial charge is 0.335 e. The van der Waals surface area contributed by atoms with Crippen molar-refractivity contribution >= 4 is 6.03 Å². The molecule has 0 radical (unpaired) electrons. The number of carbonyl (C=O) groups excluding carboxylic acids is 1. The number of hydrogen-bond acceptors (Lipinski definition) is 2. The fourth-order valence-corrected chi connectivity index (χ4v) is 3.53. The molecule has 1 aromatic carbocycles. The first-order chi connectivity index (χ1) is 10.6. The Balaban J connectivity index is 1.44. The number of amides is 2.